The molecule has 0 aromatic heterocycles. The fourth-order valence-corrected chi connectivity index (χ4v) is 1.54. The van der Waals surface area contributed by atoms with Gasteiger partial charge in [-0.05, 0) is 12.1 Å². The lowest BCUT2D eigenvalue weighted by atomic mass is 10.3. The van der Waals surface area contributed by atoms with Crippen molar-refractivity contribution in [2.45, 2.75) is 6.10 Å². The van der Waals surface area contributed by atoms with E-state index in [4.69, 9.17) is 21.1 Å². The van der Waals surface area contributed by atoms with E-state index in [1.165, 1.54) is 12.1 Å². The van der Waals surface area contributed by atoms with Crippen molar-refractivity contribution in [3.05, 3.63) is 29.0 Å². The van der Waals surface area contributed by atoms with Gasteiger partial charge in [0.2, 0.25) is 0 Å². The summed E-state index contributed by atoms with van der Waals surface area (Å²) in [5.41, 5.74) is 0.190. The molecule has 2 N–H and O–H groups in total. The van der Waals surface area contributed by atoms with E-state index in [9.17, 15) is 9.50 Å². The van der Waals surface area contributed by atoms with Gasteiger partial charge in [0.1, 0.15) is 5.82 Å². The third-order valence-corrected chi connectivity index (χ3v) is 2.53. The number of halogens is 2. The maximum absolute atomic E-state index is 13.4. The molecule has 1 aromatic rings. The van der Waals surface area contributed by atoms with Gasteiger partial charge in [-0.3, -0.25) is 0 Å². The molecule has 1 unspecified atom stereocenters. The Morgan fingerprint density at radius 3 is 2.89 bits per heavy atom. The van der Waals surface area contributed by atoms with Crippen LogP contribution in [0.15, 0.2) is 18.2 Å². The number of para-hydroxylation sites is 1. The highest BCUT2D eigenvalue weighted by atomic mass is 35.5. The van der Waals surface area contributed by atoms with Crippen LogP contribution in [-0.4, -0.2) is 44.7 Å². The Hall–Kier alpha value is -0.880. The molecule has 0 aliphatic heterocycles. The molecule has 102 valence electrons. The molecular weight excluding hydrogens is 261 g/mol. The predicted molar refractivity (Wildman–Crippen MR) is 68.6 cm³/mol. The number of rotatable bonds is 8. The van der Waals surface area contributed by atoms with Crippen LogP contribution < -0.4 is 5.32 Å². The smallest absolute Gasteiger partial charge is 0.147 e. The summed E-state index contributed by atoms with van der Waals surface area (Å²) < 4.78 is 23.3. The van der Waals surface area contributed by atoms with Crippen LogP contribution in [0.2, 0.25) is 5.02 Å². The Morgan fingerprint density at radius 1 is 1.44 bits per heavy atom. The molecule has 0 radical (unpaired) electrons. The SMILES string of the molecule is COCCOCC(O)CNc1c(F)cccc1Cl. The highest BCUT2D eigenvalue weighted by Crippen LogP contribution is 2.24. The topological polar surface area (TPSA) is 50.7 Å². The van der Waals surface area contributed by atoms with E-state index in [-0.39, 0.29) is 23.9 Å². The van der Waals surface area contributed by atoms with Gasteiger partial charge in [0.05, 0.1) is 36.6 Å². The van der Waals surface area contributed by atoms with Crippen LogP contribution in [0.3, 0.4) is 0 Å². The Balaban J connectivity index is 2.31. The number of aliphatic hydroxyl groups is 1. The summed E-state index contributed by atoms with van der Waals surface area (Å²) in [4.78, 5) is 0. The quantitative estimate of drug-likeness (QED) is 0.713. The normalized spacial score (nSPS) is 12.4. The molecule has 0 spiro atoms. The lowest BCUT2D eigenvalue weighted by Gasteiger charge is -2.14. The van der Waals surface area contributed by atoms with Crippen LogP contribution in [0.5, 0.6) is 0 Å². The van der Waals surface area contributed by atoms with E-state index in [0.717, 1.165) is 0 Å². The van der Waals surface area contributed by atoms with Crippen LogP contribution in [0.4, 0.5) is 10.1 Å². The van der Waals surface area contributed by atoms with Gasteiger partial charge in [-0.2, -0.15) is 0 Å². The molecule has 0 saturated heterocycles. The first kappa shape index (κ1) is 15.2. The average Bonchev–Trinajstić information content (AvgIpc) is 2.34. The van der Waals surface area contributed by atoms with Crippen LogP contribution in [-0.2, 0) is 9.47 Å². The van der Waals surface area contributed by atoms with Crippen LogP contribution in [0, 0.1) is 5.82 Å². The van der Waals surface area contributed by atoms with E-state index in [0.29, 0.717) is 13.2 Å². The van der Waals surface area contributed by atoms with Crippen molar-refractivity contribution < 1.29 is 19.0 Å². The first-order valence-electron chi connectivity index (χ1n) is 5.57. The van der Waals surface area contributed by atoms with Crippen molar-refractivity contribution in [1.82, 2.24) is 0 Å². The molecular formula is C12H17ClFNO3. The summed E-state index contributed by atoms with van der Waals surface area (Å²) in [6, 6.07) is 4.40. The third-order valence-electron chi connectivity index (χ3n) is 2.22. The fourth-order valence-electron chi connectivity index (χ4n) is 1.31. The van der Waals surface area contributed by atoms with Gasteiger partial charge in [0, 0.05) is 13.7 Å². The van der Waals surface area contributed by atoms with Gasteiger partial charge in [-0.15, -0.1) is 0 Å². The number of anilines is 1. The maximum atomic E-state index is 13.4. The molecule has 0 fully saturated rings. The summed E-state index contributed by atoms with van der Waals surface area (Å²) in [7, 11) is 1.57. The molecule has 0 bridgehead atoms. The fraction of sp³-hybridized carbons (Fsp3) is 0.500. The molecule has 1 rings (SSSR count). The van der Waals surface area contributed by atoms with E-state index in [1.54, 1.807) is 13.2 Å². The molecule has 6 heteroatoms. The maximum Gasteiger partial charge on any atom is 0.147 e. The minimum absolute atomic E-state index is 0.155. The van der Waals surface area contributed by atoms with Gasteiger partial charge in [-0.25, -0.2) is 4.39 Å². The lowest BCUT2D eigenvalue weighted by Crippen LogP contribution is -2.26. The van der Waals surface area contributed by atoms with Crippen LogP contribution in [0.25, 0.3) is 0 Å². The van der Waals surface area contributed by atoms with Gasteiger partial charge in [-0.1, -0.05) is 17.7 Å². The number of methoxy groups -OCH3 is 1. The number of benzene rings is 1. The predicted octanol–water partition coefficient (Wildman–Crippen LogP) is 1.91. The highest BCUT2D eigenvalue weighted by molar-refractivity contribution is 6.33. The largest absolute Gasteiger partial charge is 0.389 e. The van der Waals surface area contributed by atoms with Gasteiger partial charge in [0.15, 0.2) is 0 Å². The number of ether oxygens (including phenoxy) is 2. The summed E-state index contributed by atoms with van der Waals surface area (Å²) in [5.74, 6) is -0.449. The summed E-state index contributed by atoms with van der Waals surface area (Å²) in [6.07, 6.45) is -0.738. The van der Waals surface area contributed by atoms with E-state index >= 15 is 0 Å². The number of hydrogen-bond acceptors (Lipinski definition) is 4. The van der Waals surface area contributed by atoms with Crippen molar-refractivity contribution in [3.8, 4) is 0 Å². The Bertz CT molecular complexity index is 345. The second kappa shape index (κ2) is 8.26. The van der Waals surface area contributed by atoms with E-state index in [1.807, 2.05) is 0 Å². The molecule has 0 aliphatic carbocycles. The monoisotopic (exact) mass is 277 g/mol. The first-order valence-corrected chi connectivity index (χ1v) is 5.95. The molecule has 0 aliphatic rings. The molecule has 0 saturated carbocycles. The first-order chi connectivity index (χ1) is 8.65. The van der Waals surface area contributed by atoms with Crippen molar-refractivity contribution in [2.24, 2.45) is 0 Å². The zero-order valence-electron chi connectivity index (χ0n) is 10.2. The van der Waals surface area contributed by atoms with Crippen molar-refractivity contribution >= 4 is 17.3 Å². The molecule has 0 heterocycles. The highest BCUT2D eigenvalue weighted by Gasteiger charge is 2.09. The van der Waals surface area contributed by atoms with E-state index < -0.39 is 11.9 Å². The Labute approximate surface area is 111 Å². The second-order valence-electron chi connectivity index (χ2n) is 3.70. The summed E-state index contributed by atoms with van der Waals surface area (Å²) in [6.45, 7) is 1.20. The second-order valence-corrected chi connectivity index (χ2v) is 4.11. The van der Waals surface area contributed by atoms with Gasteiger partial charge in [0.25, 0.3) is 0 Å². The Morgan fingerprint density at radius 2 is 2.22 bits per heavy atom. The standard InChI is InChI=1S/C12H17ClFNO3/c1-17-5-6-18-8-9(16)7-15-12-10(13)3-2-4-11(12)14/h2-4,9,15-16H,5-8H2,1H3. The minimum Gasteiger partial charge on any atom is -0.389 e. The Kier molecular flexibility index (Phi) is 6.97. The molecule has 18 heavy (non-hydrogen) atoms. The van der Waals surface area contributed by atoms with Crippen molar-refractivity contribution in [2.75, 3.05) is 38.8 Å². The average molecular weight is 278 g/mol. The van der Waals surface area contributed by atoms with Crippen LogP contribution >= 0.6 is 11.6 Å². The van der Waals surface area contributed by atoms with Gasteiger partial charge < -0.3 is 19.9 Å². The van der Waals surface area contributed by atoms with E-state index in [2.05, 4.69) is 5.32 Å². The van der Waals surface area contributed by atoms with Crippen molar-refractivity contribution in [3.63, 3.8) is 0 Å². The zero-order chi connectivity index (χ0) is 13.4. The zero-order valence-corrected chi connectivity index (χ0v) is 10.9. The molecule has 0 amide bonds. The number of nitrogens with one attached hydrogen (secondary N) is 1. The number of aliphatic hydroxyl groups excluding tert-OH is 1. The molecule has 4 nitrogen and oxygen atoms in total. The van der Waals surface area contributed by atoms with Crippen molar-refractivity contribution in [1.29, 1.82) is 0 Å². The minimum atomic E-state index is -0.738. The molecule has 1 atom stereocenters. The summed E-state index contributed by atoms with van der Waals surface area (Å²) >= 11 is 5.83. The van der Waals surface area contributed by atoms with Crippen LogP contribution in [0.1, 0.15) is 0 Å². The lowest BCUT2D eigenvalue weighted by molar-refractivity contribution is 0.0182. The third kappa shape index (κ3) is 5.18. The number of hydrogen-bond donors (Lipinski definition) is 2. The van der Waals surface area contributed by atoms with Gasteiger partial charge >= 0.3 is 0 Å². The molecule has 1 aromatic carbocycles. The summed E-state index contributed by atoms with van der Waals surface area (Å²) in [5, 5.41) is 12.6.